The minimum atomic E-state index is -1.23. The highest BCUT2D eigenvalue weighted by molar-refractivity contribution is 5.87. The van der Waals surface area contributed by atoms with Crippen molar-refractivity contribution in [1.29, 1.82) is 0 Å². The van der Waals surface area contributed by atoms with Crippen molar-refractivity contribution in [2.24, 2.45) is 11.8 Å². The fraction of sp³-hybridized carbons (Fsp3) is 0.562. The van der Waals surface area contributed by atoms with Gasteiger partial charge >= 0.3 is 5.97 Å². The molecule has 112 valence electrons. The van der Waals surface area contributed by atoms with Gasteiger partial charge in [0.05, 0.1) is 5.56 Å². The molecule has 0 saturated heterocycles. The molecule has 0 spiro atoms. The topological polar surface area (TPSA) is 40.5 Å². The lowest BCUT2D eigenvalue weighted by Gasteiger charge is -2.26. The summed E-state index contributed by atoms with van der Waals surface area (Å²) >= 11 is 0. The maximum Gasteiger partial charge on any atom is 0.338 e. The third-order valence-electron chi connectivity index (χ3n) is 2.92. The molecule has 1 aromatic carbocycles. The summed E-state index contributed by atoms with van der Waals surface area (Å²) in [5, 5.41) is 8.83. The van der Waals surface area contributed by atoms with Crippen LogP contribution in [-0.4, -0.2) is 29.1 Å². The van der Waals surface area contributed by atoms with Gasteiger partial charge in [-0.2, -0.15) is 0 Å². The molecule has 0 saturated carbocycles. The number of carbonyl (C=O) groups is 1. The lowest BCUT2D eigenvalue weighted by Crippen LogP contribution is -2.31. The Labute approximate surface area is 120 Å². The summed E-state index contributed by atoms with van der Waals surface area (Å²) in [6.45, 7) is 11.2. The molecule has 0 aliphatic heterocycles. The predicted octanol–water partition coefficient (Wildman–Crippen LogP) is 3.64. The number of nitrogens with zero attached hydrogens (tertiary/aromatic N) is 1. The van der Waals surface area contributed by atoms with Gasteiger partial charge < -0.3 is 5.11 Å². The third kappa shape index (κ3) is 5.29. The van der Waals surface area contributed by atoms with Crippen LogP contribution in [0.15, 0.2) is 18.2 Å². The van der Waals surface area contributed by atoms with Gasteiger partial charge in [-0.25, -0.2) is 9.18 Å². The van der Waals surface area contributed by atoms with Crippen LogP contribution in [-0.2, 0) is 6.54 Å². The van der Waals surface area contributed by atoms with E-state index in [1.165, 1.54) is 12.1 Å². The molecule has 3 nitrogen and oxygen atoms in total. The fourth-order valence-corrected chi connectivity index (χ4v) is 2.33. The van der Waals surface area contributed by atoms with E-state index in [1.54, 1.807) is 6.07 Å². The molecular formula is C16H24FNO2. The highest BCUT2D eigenvalue weighted by atomic mass is 19.1. The van der Waals surface area contributed by atoms with Gasteiger partial charge in [0.2, 0.25) is 0 Å². The van der Waals surface area contributed by atoms with E-state index in [4.69, 9.17) is 5.11 Å². The number of carboxylic acids is 1. The molecule has 1 aromatic rings. The Bertz CT molecular complexity index is 448. The van der Waals surface area contributed by atoms with Gasteiger partial charge in [0.15, 0.2) is 0 Å². The molecule has 1 N–H and O–H groups in total. The molecule has 0 atom stereocenters. The molecule has 0 aliphatic rings. The number of halogens is 1. The molecular weight excluding hydrogens is 257 g/mol. The van der Waals surface area contributed by atoms with Crippen molar-refractivity contribution in [3.05, 3.63) is 35.1 Å². The summed E-state index contributed by atoms with van der Waals surface area (Å²) in [5.74, 6) is -0.812. The summed E-state index contributed by atoms with van der Waals surface area (Å²) in [4.78, 5) is 13.1. The van der Waals surface area contributed by atoms with Crippen LogP contribution in [0.1, 0.15) is 43.6 Å². The smallest absolute Gasteiger partial charge is 0.338 e. The molecule has 1 rings (SSSR count). The van der Waals surface area contributed by atoms with E-state index in [-0.39, 0.29) is 5.56 Å². The van der Waals surface area contributed by atoms with Gasteiger partial charge in [-0.05, 0) is 29.5 Å². The second-order valence-corrected chi connectivity index (χ2v) is 6.10. The summed E-state index contributed by atoms with van der Waals surface area (Å²) in [6, 6.07) is 4.37. The third-order valence-corrected chi connectivity index (χ3v) is 2.92. The van der Waals surface area contributed by atoms with E-state index in [0.29, 0.717) is 18.4 Å². The number of benzene rings is 1. The van der Waals surface area contributed by atoms with Crippen LogP contribution in [0, 0.1) is 17.7 Å². The van der Waals surface area contributed by atoms with Gasteiger partial charge in [0.1, 0.15) is 5.82 Å². The van der Waals surface area contributed by atoms with Crippen molar-refractivity contribution in [2.75, 3.05) is 13.1 Å². The summed E-state index contributed by atoms with van der Waals surface area (Å²) in [6.07, 6.45) is 0. The molecule has 0 aliphatic carbocycles. The predicted molar refractivity (Wildman–Crippen MR) is 78.3 cm³/mol. The second kappa shape index (κ2) is 7.39. The monoisotopic (exact) mass is 281 g/mol. The molecule has 20 heavy (non-hydrogen) atoms. The maximum atomic E-state index is 13.7. The van der Waals surface area contributed by atoms with Crippen molar-refractivity contribution >= 4 is 5.97 Å². The summed E-state index contributed by atoms with van der Waals surface area (Å²) in [5.41, 5.74) is 0.543. The highest BCUT2D eigenvalue weighted by Gasteiger charge is 2.14. The van der Waals surface area contributed by atoms with E-state index < -0.39 is 11.8 Å². The molecule has 0 unspecified atom stereocenters. The van der Waals surface area contributed by atoms with Gasteiger partial charge in [-0.3, -0.25) is 4.90 Å². The average Bonchev–Trinajstić information content (AvgIpc) is 2.26. The standard InChI is InChI=1S/C16H24FNO2/c1-11(2)8-18(9-12(3)4)10-13-5-6-14(16(19)20)15(17)7-13/h5-7,11-12H,8-10H2,1-4H3,(H,19,20). The highest BCUT2D eigenvalue weighted by Crippen LogP contribution is 2.14. The van der Waals surface area contributed by atoms with E-state index in [1.807, 2.05) is 0 Å². The molecule has 0 fully saturated rings. The van der Waals surface area contributed by atoms with Gasteiger partial charge in [0, 0.05) is 19.6 Å². The Balaban J connectivity index is 2.82. The first-order chi connectivity index (χ1) is 9.29. The zero-order valence-electron chi connectivity index (χ0n) is 12.7. The van der Waals surface area contributed by atoms with Gasteiger partial charge in [-0.1, -0.05) is 33.8 Å². The van der Waals surface area contributed by atoms with E-state index in [0.717, 1.165) is 18.7 Å². The number of rotatable bonds is 7. The first kappa shape index (κ1) is 16.6. The average molecular weight is 281 g/mol. The Morgan fingerprint density at radius 1 is 1.20 bits per heavy atom. The van der Waals surface area contributed by atoms with Crippen LogP contribution in [0.25, 0.3) is 0 Å². The van der Waals surface area contributed by atoms with E-state index in [9.17, 15) is 9.18 Å². The van der Waals surface area contributed by atoms with Crippen molar-refractivity contribution in [1.82, 2.24) is 4.90 Å². The Kier molecular flexibility index (Phi) is 6.14. The summed E-state index contributed by atoms with van der Waals surface area (Å²) in [7, 11) is 0. The van der Waals surface area contributed by atoms with Crippen LogP contribution >= 0.6 is 0 Å². The number of hydrogen-bond acceptors (Lipinski definition) is 2. The Hall–Kier alpha value is -1.42. The summed E-state index contributed by atoms with van der Waals surface area (Å²) < 4.78 is 13.7. The molecule has 0 aromatic heterocycles. The quantitative estimate of drug-likeness (QED) is 0.829. The van der Waals surface area contributed by atoms with Crippen LogP contribution in [0.3, 0.4) is 0 Å². The molecule has 0 heterocycles. The number of aromatic carboxylic acids is 1. The Morgan fingerprint density at radius 3 is 2.15 bits per heavy atom. The zero-order valence-corrected chi connectivity index (χ0v) is 12.7. The Morgan fingerprint density at radius 2 is 1.75 bits per heavy atom. The first-order valence-corrected chi connectivity index (χ1v) is 7.03. The minimum absolute atomic E-state index is 0.270. The lowest BCUT2D eigenvalue weighted by atomic mass is 10.1. The molecule has 4 heteroatoms. The van der Waals surface area contributed by atoms with Crippen LogP contribution in [0.4, 0.5) is 4.39 Å². The van der Waals surface area contributed by atoms with E-state index in [2.05, 4.69) is 32.6 Å². The normalized spacial score (nSPS) is 11.6. The molecule has 0 amide bonds. The van der Waals surface area contributed by atoms with Crippen LogP contribution in [0.5, 0.6) is 0 Å². The van der Waals surface area contributed by atoms with Crippen molar-refractivity contribution in [2.45, 2.75) is 34.2 Å². The largest absolute Gasteiger partial charge is 0.478 e. The number of hydrogen-bond donors (Lipinski definition) is 1. The van der Waals surface area contributed by atoms with Crippen LogP contribution in [0.2, 0.25) is 0 Å². The molecule has 0 bridgehead atoms. The zero-order chi connectivity index (χ0) is 15.3. The van der Waals surface area contributed by atoms with E-state index >= 15 is 0 Å². The van der Waals surface area contributed by atoms with Gasteiger partial charge in [-0.15, -0.1) is 0 Å². The van der Waals surface area contributed by atoms with Crippen LogP contribution < -0.4 is 0 Å². The SMILES string of the molecule is CC(C)CN(Cc1ccc(C(=O)O)c(F)c1)CC(C)C. The lowest BCUT2D eigenvalue weighted by molar-refractivity contribution is 0.0692. The van der Waals surface area contributed by atoms with Crippen molar-refractivity contribution in [3.8, 4) is 0 Å². The first-order valence-electron chi connectivity index (χ1n) is 7.03. The molecule has 0 radical (unpaired) electrons. The minimum Gasteiger partial charge on any atom is -0.478 e. The van der Waals surface area contributed by atoms with Gasteiger partial charge in [0.25, 0.3) is 0 Å². The maximum absolute atomic E-state index is 13.7. The number of carboxylic acid groups (broad SMARTS) is 1. The second-order valence-electron chi connectivity index (χ2n) is 6.10. The van der Waals surface area contributed by atoms with Crippen molar-refractivity contribution < 1.29 is 14.3 Å². The van der Waals surface area contributed by atoms with Crippen molar-refractivity contribution in [3.63, 3.8) is 0 Å². The fourth-order valence-electron chi connectivity index (χ4n) is 2.33.